The predicted molar refractivity (Wildman–Crippen MR) is 67.1 cm³/mol. The molecule has 0 spiro atoms. The lowest BCUT2D eigenvalue weighted by molar-refractivity contribution is -0.0914. The summed E-state index contributed by atoms with van der Waals surface area (Å²) in [6, 6.07) is 8.19. The van der Waals surface area contributed by atoms with Crippen LogP contribution in [0.2, 0.25) is 0 Å². The standard InChI is InChI=1S/C12H20N2O2/c1-14(2)11-7-5-6-10(8-11)13-9-12(15-3)16-4/h5-8,12-13H,9H2,1-4H3. The van der Waals surface area contributed by atoms with Gasteiger partial charge in [0.2, 0.25) is 0 Å². The average molecular weight is 224 g/mol. The highest BCUT2D eigenvalue weighted by Crippen LogP contribution is 2.17. The smallest absolute Gasteiger partial charge is 0.173 e. The topological polar surface area (TPSA) is 33.7 Å². The monoisotopic (exact) mass is 224 g/mol. The van der Waals surface area contributed by atoms with E-state index >= 15 is 0 Å². The van der Waals surface area contributed by atoms with E-state index in [2.05, 4.69) is 22.3 Å². The van der Waals surface area contributed by atoms with Gasteiger partial charge < -0.3 is 19.7 Å². The first-order chi connectivity index (χ1) is 7.67. The zero-order chi connectivity index (χ0) is 12.0. The first-order valence-corrected chi connectivity index (χ1v) is 5.24. The van der Waals surface area contributed by atoms with E-state index in [1.165, 1.54) is 0 Å². The first-order valence-electron chi connectivity index (χ1n) is 5.24. The molecule has 0 aliphatic carbocycles. The van der Waals surface area contributed by atoms with Gasteiger partial charge in [-0.3, -0.25) is 0 Å². The Morgan fingerprint density at radius 3 is 2.50 bits per heavy atom. The molecular formula is C12H20N2O2. The number of nitrogens with one attached hydrogen (secondary N) is 1. The molecule has 16 heavy (non-hydrogen) atoms. The highest BCUT2D eigenvalue weighted by molar-refractivity contribution is 5.57. The van der Waals surface area contributed by atoms with Crippen molar-refractivity contribution >= 4 is 11.4 Å². The molecule has 0 aliphatic rings. The maximum Gasteiger partial charge on any atom is 0.173 e. The summed E-state index contributed by atoms with van der Waals surface area (Å²) in [5, 5.41) is 3.27. The van der Waals surface area contributed by atoms with Crippen LogP contribution in [0, 0.1) is 0 Å². The van der Waals surface area contributed by atoms with E-state index in [1.807, 2.05) is 26.2 Å². The molecule has 90 valence electrons. The van der Waals surface area contributed by atoms with Crippen LogP contribution in [-0.2, 0) is 9.47 Å². The van der Waals surface area contributed by atoms with E-state index in [-0.39, 0.29) is 6.29 Å². The second kappa shape index (κ2) is 6.35. The van der Waals surface area contributed by atoms with Gasteiger partial charge in [0.25, 0.3) is 0 Å². The van der Waals surface area contributed by atoms with E-state index in [0.717, 1.165) is 11.4 Å². The highest BCUT2D eigenvalue weighted by atomic mass is 16.7. The van der Waals surface area contributed by atoms with Crippen molar-refractivity contribution in [3.05, 3.63) is 24.3 Å². The molecule has 0 saturated carbocycles. The summed E-state index contributed by atoms with van der Waals surface area (Å²) in [5.74, 6) is 0. The van der Waals surface area contributed by atoms with Crippen molar-refractivity contribution in [2.45, 2.75) is 6.29 Å². The quantitative estimate of drug-likeness (QED) is 0.747. The van der Waals surface area contributed by atoms with Gasteiger partial charge in [0, 0.05) is 39.7 Å². The molecule has 1 rings (SSSR count). The molecule has 0 atom stereocenters. The van der Waals surface area contributed by atoms with Crippen molar-refractivity contribution in [3.8, 4) is 0 Å². The molecule has 0 aromatic heterocycles. The Labute approximate surface area is 97.2 Å². The zero-order valence-corrected chi connectivity index (χ0v) is 10.4. The Morgan fingerprint density at radius 1 is 1.25 bits per heavy atom. The van der Waals surface area contributed by atoms with Gasteiger partial charge in [-0.05, 0) is 18.2 Å². The van der Waals surface area contributed by atoms with Crippen LogP contribution >= 0.6 is 0 Å². The van der Waals surface area contributed by atoms with Crippen molar-refractivity contribution in [2.75, 3.05) is 45.1 Å². The minimum Gasteiger partial charge on any atom is -0.380 e. The summed E-state index contributed by atoms with van der Waals surface area (Å²) < 4.78 is 10.2. The molecule has 0 fully saturated rings. The van der Waals surface area contributed by atoms with Crippen molar-refractivity contribution in [3.63, 3.8) is 0 Å². The van der Waals surface area contributed by atoms with Crippen LogP contribution in [0.25, 0.3) is 0 Å². The minimum absolute atomic E-state index is 0.219. The number of anilines is 2. The number of benzene rings is 1. The van der Waals surface area contributed by atoms with Crippen LogP contribution in [0.3, 0.4) is 0 Å². The van der Waals surface area contributed by atoms with E-state index in [1.54, 1.807) is 14.2 Å². The number of ether oxygens (including phenoxy) is 2. The summed E-state index contributed by atoms with van der Waals surface area (Å²) in [7, 11) is 7.30. The van der Waals surface area contributed by atoms with Crippen LogP contribution < -0.4 is 10.2 Å². The summed E-state index contributed by atoms with van der Waals surface area (Å²) in [5.41, 5.74) is 2.22. The minimum atomic E-state index is -0.219. The molecule has 4 heteroatoms. The molecule has 0 aliphatic heterocycles. The molecule has 0 unspecified atom stereocenters. The normalized spacial score (nSPS) is 10.6. The second-order valence-electron chi connectivity index (χ2n) is 3.73. The molecule has 1 N–H and O–H groups in total. The van der Waals surface area contributed by atoms with Crippen molar-refractivity contribution in [2.24, 2.45) is 0 Å². The molecule has 4 nitrogen and oxygen atoms in total. The lowest BCUT2D eigenvalue weighted by atomic mass is 10.2. The third-order valence-electron chi connectivity index (χ3n) is 2.36. The van der Waals surface area contributed by atoms with Crippen molar-refractivity contribution in [1.29, 1.82) is 0 Å². The number of nitrogens with zero attached hydrogens (tertiary/aromatic N) is 1. The Bertz CT molecular complexity index is 312. The summed E-state index contributed by atoms with van der Waals surface area (Å²) in [6.45, 7) is 0.629. The van der Waals surface area contributed by atoms with Crippen LogP contribution in [0.5, 0.6) is 0 Å². The van der Waals surface area contributed by atoms with Crippen LogP contribution in [-0.4, -0.2) is 41.1 Å². The molecule has 0 saturated heterocycles. The predicted octanol–water partition coefficient (Wildman–Crippen LogP) is 1.78. The Balaban J connectivity index is 2.56. The van der Waals surface area contributed by atoms with Crippen LogP contribution in [0.1, 0.15) is 0 Å². The summed E-state index contributed by atoms with van der Waals surface area (Å²) in [4.78, 5) is 2.06. The lowest BCUT2D eigenvalue weighted by Crippen LogP contribution is -2.23. The third-order valence-corrected chi connectivity index (χ3v) is 2.36. The number of rotatable bonds is 6. The van der Waals surface area contributed by atoms with Gasteiger partial charge in [0.15, 0.2) is 6.29 Å². The fourth-order valence-corrected chi connectivity index (χ4v) is 1.36. The maximum absolute atomic E-state index is 5.10. The van der Waals surface area contributed by atoms with E-state index in [4.69, 9.17) is 9.47 Å². The molecule has 1 aromatic carbocycles. The Morgan fingerprint density at radius 2 is 1.94 bits per heavy atom. The Hall–Kier alpha value is -1.26. The summed E-state index contributed by atoms with van der Waals surface area (Å²) in [6.07, 6.45) is -0.219. The average Bonchev–Trinajstić information content (AvgIpc) is 2.31. The molecule has 1 aromatic rings. The fraction of sp³-hybridized carbons (Fsp3) is 0.500. The largest absolute Gasteiger partial charge is 0.380 e. The maximum atomic E-state index is 5.10. The van der Waals surface area contributed by atoms with Crippen molar-refractivity contribution < 1.29 is 9.47 Å². The van der Waals surface area contributed by atoms with Crippen LogP contribution in [0.4, 0.5) is 11.4 Å². The molecule has 0 heterocycles. The molecule has 0 amide bonds. The SMILES string of the molecule is COC(CNc1cccc(N(C)C)c1)OC. The van der Waals surface area contributed by atoms with Crippen molar-refractivity contribution in [1.82, 2.24) is 0 Å². The highest BCUT2D eigenvalue weighted by Gasteiger charge is 2.04. The zero-order valence-electron chi connectivity index (χ0n) is 10.4. The fourth-order valence-electron chi connectivity index (χ4n) is 1.36. The second-order valence-corrected chi connectivity index (χ2v) is 3.73. The number of hydrogen-bond acceptors (Lipinski definition) is 4. The van der Waals surface area contributed by atoms with Gasteiger partial charge in [0.05, 0.1) is 6.54 Å². The van der Waals surface area contributed by atoms with Gasteiger partial charge in [-0.25, -0.2) is 0 Å². The Kier molecular flexibility index (Phi) is 5.08. The third kappa shape index (κ3) is 3.72. The van der Waals surface area contributed by atoms with Crippen LogP contribution in [0.15, 0.2) is 24.3 Å². The van der Waals surface area contributed by atoms with E-state index in [0.29, 0.717) is 6.54 Å². The number of hydrogen-bond donors (Lipinski definition) is 1. The molecule has 0 radical (unpaired) electrons. The first kappa shape index (κ1) is 12.8. The van der Waals surface area contributed by atoms with E-state index in [9.17, 15) is 0 Å². The molecule has 0 bridgehead atoms. The summed E-state index contributed by atoms with van der Waals surface area (Å²) >= 11 is 0. The van der Waals surface area contributed by atoms with Gasteiger partial charge in [0.1, 0.15) is 0 Å². The van der Waals surface area contributed by atoms with Gasteiger partial charge >= 0.3 is 0 Å². The van der Waals surface area contributed by atoms with Gasteiger partial charge in [-0.1, -0.05) is 6.07 Å². The number of methoxy groups -OCH3 is 2. The van der Waals surface area contributed by atoms with Gasteiger partial charge in [-0.15, -0.1) is 0 Å². The van der Waals surface area contributed by atoms with E-state index < -0.39 is 0 Å². The molecular weight excluding hydrogens is 204 g/mol. The lowest BCUT2D eigenvalue weighted by Gasteiger charge is -2.17. The van der Waals surface area contributed by atoms with Gasteiger partial charge in [-0.2, -0.15) is 0 Å².